The minimum atomic E-state index is -0.453. The highest BCUT2D eigenvalue weighted by atomic mass is 35.5. The predicted molar refractivity (Wildman–Crippen MR) is 110 cm³/mol. The Morgan fingerprint density at radius 2 is 1.86 bits per heavy atom. The van der Waals surface area contributed by atoms with Crippen molar-refractivity contribution in [3.8, 4) is 0 Å². The molecule has 2 aromatic carbocycles. The number of halogens is 2. The van der Waals surface area contributed by atoms with Crippen molar-refractivity contribution in [3.63, 3.8) is 0 Å². The molecule has 0 radical (unpaired) electrons. The summed E-state index contributed by atoms with van der Waals surface area (Å²) >= 11 is 12.2. The van der Waals surface area contributed by atoms with Gasteiger partial charge in [-0.15, -0.1) is 0 Å². The van der Waals surface area contributed by atoms with Crippen LogP contribution in [-0.4, -0.2) is 46.8 Å². The minimum Gasteiger partial charge on any atom is -0.337 e. The molecule has 1 saturated heterocycles. The smallest absolute Gasteiger partial charge is 0.270 e. The summed E-state index contributed by atoms with van der Waals surface area (Å²) in [6.07, 6.45) is 3.07. The van der Waals surface area contributed by atoms with Crippen molar-refractivity contribution in [2.24, 2.45) is 0 Å². The second kappa shape index (κ2) is 9.19. The number of carbonyl (C=O) groups is 1. The average molecular weight is 420 g/mol. The molecule has 1 aliphatic rings. The Balaban J connectivity index is 1.53. The largest absolute Gasteiger partial charge is 0.337 e. The molecular formula is C20H19Cl2N3O3. The molecule has 0 atom stereocenters. The van der Waals surface area contributed by atoms with Gasteiger partial charge in [0.15, 0.2) is 0 Å². The molecule has 1 aliphatic heterocycles. The van der Waals surface area contributed by atoms with Crippen LogP contribution in [0.15, 0.2) is 48.5 Å². The van der Waals surface area contributed by atoms with Crippen molar-refractivity contribution in [2.45, 2.75) is 6.54 Å². The number of piperazine rings is 1. The average Bonchev–Trinajstić information content (AvgIpc) is 2.69. The summed E-state index contributed by atoms with van der Waals surface area (Å²) in [6, 6.07) is 11.7. The number of hydrogen-bond acceptors (Lipinski definition) is 4. The molecule has 0 N–H and O–H groups in total. The van der Waals surface area contributed by atoms with Crippen molar-refractivity contribution >= 4 is 40.9 Å². The topological polar surface area (TPSA) is 66.7 Å². The predicted octanol–water partition coefficient (Wildman–Crippen LogP) is 4.26. The van der Waals surface area contributed by atoms with E-state index in [1.807, 2.05) is 12.1 Å². The second-order valence-electron chi connectivity index (χ2n) is 6.52. The molecule has 28 heavy (non-hydrogen) atoms. The van der Waals surface area contributed by atoms with Crippen LogP contribution in [0.5, 0.6) is 0 Å². The Hall–Kier alpha value is -2.41. The first-order valence-electron chi connectivity index (χ1n) is 8.80. The molecule has 1 heterocycles. The maximum absolute atomic E-state index is 12.4. The number of benzene rings is 2. The number of rotatable bonds is 5. The fourth-order valence-corrected chi connectivity index (χ4v) is 3.50. The van der Waals surface area contributed by atoms with Gasteiger partial charge in [-0.25, -0.2) is 0 Å². The van der Waals surface area contributed by atoms with Gasteiger partial charge in [0.05, 0.1) is 4.92 Å². The SMILES string of the molecule is O=C(/C=C/c1cccc([N+](=O)[O-])c1)N1CCN(Cc2ccc(Cl)cc2Cl)CC1. The summed E-state index contributed by atoms with van der Waals surface area (Å²) in [7, 11) is 0. The van der Waals surface area contributed by atoms with Crippen LogP contribution in [0, 0.1) is 10.1 Å². The van der Waals surface area contributed by atoms with Gasteiger partial charge in [-0.2, -0.15) is 0 Å². The van der Waals surface area contributed by atoms with E-state index in [9.17, 15) is 14.9 Å². The minimum absolute atomic E-state index is 0.00377. The van der Waals surface area contributed by atoms with Crippen LogP contribution in [0.4, 0.5) is 5.69 Å². The summed E-state index contributed by atoms with van der Waals surface area (Å²) in [5, 5.41) is 12.1. The van der Waals surface area contributed by atoms with E-state index in [4.69, 9.17) is 23.2 Å². The third-order valence-corrected chi connectivity index (χ3v) is 5.18. The molecule has 0 aromatic heterocycles. The van der Waals surface area contributed by atoms with Crippen molar-refractivity contribution in [2.75, 3.05) is 26.2 Å². The van der Waals surface area contributed by atoms with Crippen LogP contribution in [-0.2, 0) is 11.3 Å². The van der Waals surface area contributed by atoms with Crippen LogP contribution in [0.3, 0.4) is 0 Å². The van der Waals surface area contributed by atoms with Crippen LogP contribution < -0.4 is 0 Å². The van der Waals surface area contributed by atoms with Gasteiger partial charge in [-0.1, -0.05) is 41.4 Å². The Morgan fingerprint density at radius 3 is 2.54 bits per heavy atom. The van der Waals surface area contributed by atoms with E-state index in [1.54, 1.807) is 29.2 Å². The zero-order chi connectivity index (χ0) is 20.1. The number of nitrogens with zero attached hydrogens (tertiary/aromatic N) is 3. The lowest BCUT2D eigenvalue weighted by Gasteiger charge is -2.34. The van der Waals surface area contributed by atoms with E-state index in [2.05, 4.69) is 4.90 Å². The highest BCUT2D eigenvalue weighted by Crippen LogP contribution is 2.23. The molecule has 146 valence electrons. The molecule has 8 heteroatoms. The quantitative estimate of drug-likeness (QED) is 0.412. The second-order valence-corrected chi connectivity index (χ2v) is 7.37. The Morgan fingerprint density at radius 1 is 1.11 bits per heavy atom. The molecule has 2 aromatic rings. The van der Waals surface area contributed by atoms with E-state index in [1.165, 1.54) is 18.2 Å². The van der Waals surface area contributed by atoms with Crippen LogP contribution >= 0.6 is 23.2 Å². The van der Waals surface area contributed by atoms with E-state index < -0.39 is 4.92 Å². The first kappa shape index (κ1) is 20.3. The van der Waals surface area contributed by atoms with E-state index >= 15 is 0 Å². The number of nitro groups is 1. The number of non-ortho nitro benzene ring substituents is 1. The molecule has 6 nitrogen and oxygen atoms in total. The van der Waals surface area contributed by atoms with E-state index in [0.717, 1.165) is 18.7 Å². The summed E-state index contributed by atoms with van der Waals surface area (Å²) in [5.74, 6) is -0.101. The van der Waals surface area contributed by atoms with Gasteiger partial charge in [-0.05, 0) is 29.3 Å². The molecule has 0 unspecified atom stereocenters. The molecule has 0 saturated carbocycles. The molecule has 1 amide bonds. The molecule has 1 fully saturated rings. The van der Waals surface area contributed by atoms with Crippen molar-refractivity contribution in [1.29, 1.82) is 0 Å². The highest BCUT2D eigenvalue weighted by molar-refractivity contribution is 6.35. The summed E-state index contributed by atoms with van der Waals surface area (Å²) in [5.41, 5.74) is 1.64. The monoisotopic (exact) mass is 419 g/mol. The standard InChI is InChI=1S/C20H19Cl2N3O3/c21-17-6-5-16(19(22)13-17)14-23-8-10-24(11-9-23)20(26)7-4-15-2-1-3-18(12-15)25(27)28/h1-7,12-13H,8-11,14H2/b7-4+. The van der Waals surface area contributed by atoms with Crippen LogP contribution in [0.25, 0.3) is 6.08 Å². The Labute approximate surface area is 173 Å². The Bertz CT molecular complexity index is 909. The van der Waals surface area contributed by atoms with Gasteiger partial charge in [0.2, 0.25) is 5.91 Å². The normalized spacial score (nSPS) is 15.1. The summed E-state index contributed by atoms with van der Waals surface area (Å²) in [4.78, 5) is 26.8. The fourth-order valence-electron chi connectivity index (χ4n) is 3.03. The molecular weight excluding hydrogens is 401 g/mol. The zero-order valence-corrected chi connectivity index (χ0v) is 16.6. The number of amides is 1. The van der Waals surface area contributed by atoms with Crippen LogP contribution in [0.2, 0.25) is 10.0 Å². The van der Waals surface area contributed by atoms with Gasteiger partial charge < -0.3 is 4.90 Å². The lowest BCUT2D eigenvalue weighted by Crippen LogP contribution is -2.47. The van der Waals surface area contributed by atoms with Crippen molar-refractivity contribution < 1.29 is 9.72 Å². The van der Waals surface area contributed by atoms with Gasteiger partial charge in [0.1, 0.15) is 0 Å². The summed E-state index contributed by atoms with van der Waals surface area (Å²) < 4.78 is 0. The molecule has 3 rings (SSSR count). The fraction of sp³-hybridized carbons (Fsp3) is 0.250. The molecule has 0 aliphatic carbocycles. The zero-order valence-electron chi connectivity index (χ0n) is 15.1. The number of hydrogen-bond donors (Lipinski definition) is 0. The summed E-state index contributed by atoms with van der Waals surface area (Å²) in [6.45, 7) is 3.43. The highest BCUT2D eigenvalue weighted by Gasteiger charge is 2.20. The third kappa shape index (κ3) is 5.32. The lowest BCUT2D eigenvalue weighted by molar-refractivity contribution is -0.384. The van der Waals surface area contributed by atoms with Crippen molar-refractivity contribution in [3.05, 3.63) is 79.8 Å². The first-order valence-corrected chi connectivity index (χ1v) is 9.56. The lowest BCUT2D eigenvalue weighted by atomic mass is 10.1. The Kier molecular flexibility index (Phi) is 6.67. The van der Waals surface area contributed by atoms with Gasteiger partial charge in [-0.3, -0.25) is 19.8 Å². The molecule has 0 spiro atoms. The maximum atomic E-state index is 12.4. The van der Waals surface area contributed by atoms with E-state index in [0.29, 0.717) is 35.2 Å². The van der Waals surface area contributed by atoms with Gasteiger partial charge >= 0.3 is 0 Å². The van der Waals surface area contributed by atoms with Gasteiger partial charge in [0, 0.05) is 61.0 Å². The number of nitro benzene ring substituents is 1. The van der Waals surface area contributed by atoms with Crippen LogP contribution in [0.1, 0.15) is 11.1 Å². The first-order chi connectivity index (χ1) is 13.4. The third-order valence-electron chi connectivity index (χ3n) is 4.59. The van der Waals surface area contributed by atoms with E-state index in [-0.39, 0.29) is 11.6 Å². The van der Waals surface area contributed by atoms with Gasteiger partial charge in [0.25, 0.3) is 5.69 Å². The van der Waals surface area contributed by atoms with Crippen molar-refractivity contribution in [1.82, 2.24) is 9.80 Å². The maximum Gasteiger partial charge on any atom is 0.270 e. The molecule has 0 bridgehead atoms. The number of carbonyl (C=O) groups excluding carboxylic acids is 1.